The molecule has 5 nitrogen and oxygen atoms in total. The van der Waals surface area contributed by atoms with E-state index in [4.69, 9.17) is 10.5 Å². The van der Waals surface area contributed by atoms with Crippen LogP contribution >= 0.6 is 0 Å². The largest absolute Gasteiger partial charge is 0.496 e. The molecule has 0 fully saturated rings. The van der Waals surface area contributed by atoms with Crippen molar-refractivity contribution < 1.29 is 9.53 Å². The van der Waals surface area contributed by atoms with E-state index in [1.165, 1.54) is 5.56 Å². The molecule has 0 unspecified atom stereocenters. The van der Waals surface area contributed by atoms with E-state index in [0.29, 0.717) is 19.6 Å². The first-order valence-electron chi connectivity index (χ1n) is 5.51. The second kappa shape index (κ2) is 6.75. The summed E-state index contributed by atoms with van der Waals surface area (Å²) in [7, 11) is 1.66. The quantitative estimate of drug-likeness (QED) is 0.639. The van der Waals surface area contributed by atoms with Gasteiger partial charge in [-0.2, -0.15) is 0 Å². The first-order chi connectivity index (χ1) is 8.13. The van der Waals surface area contributed by atoms with Gasteiger partial charge in [0.05, 0.1) is 7.11 Å². The average Bonchev–Trinajstić information content (AvgIpc) is 2.28. The predicted octanol–water partition coefficient (Wildman–Crippen LogP) is 0.762. The number of carbonyl (C=O) groups excluding carboxylic acids is 1. The van der Waals surface area contributed by atoms with E-state index in [9.17, 15) is 4.79 Å². The molecule has 0 radical (unpaired) electrons. The lowest BCUT2D eigenvalue weighted by atomic mass is 10.1. The number of hydrogen-bond donors (Lipinski definition) is 3. The molecule has 0 saturated carbocycles. The highest BCUT2D eigenvalue weighted by Crippen LogP contribution is 2.18. The molecule has 0 bridgehead atoms. The summed E-state index contributed by atoms with van der Waals surface area (Å²) in [5.41, 5.74) is 7.25. The fourth-order valence-corrected chi connectivity index (χ4v) is 1.54. The first-order valence-corrected chi connectivity index (χ1v) is 5.51. The van der Waals surface area contributed by atoms with Gasteiger partial charge in [0.25, 0.3) is 0 Å². The molecule has 0 aliphatic carbocycles. The smallest absolute Gasteiger partial charge is 0.312 e. The molecule has 1 aromatic rings. The number of carbonyl (C=O) groups is 1. The number of ether oxygens (including phenoxy) is 1. The Morgan fingerprint density at radius 3 is 2.82 bits per heavy atom. The van der Waals surface area contributed by atoms with E-state index in [0.717, 1.165) is 11.3 Å². The van der Waals surface area contributed by atoms with E-state index in [-0.39, 0.29) is 0 Å². The van der Waals surface area contributed by atoms with Crippen molar-refractivity contribution >= 4 is 6.03 Å². The molecule has 0 aromatic heterocycles. The van der Waals surface area contributed by atoms with E-state index < -0.39 is 6.03 Å². The molecule has 2 amide bonds. The summed E-state index contributed by atoms with van der Waals surface area (Å²) in [6.07, 6.45) is 0. The highest BCUT2D eigenvalue weighted by atomic mass is 16.5. The highest BCUT2D eigenvalue weighted by Gasteiger charge is 2.02. The molecule has 4 N–H and O–H groups in total. The Bertz CT molecular complexity index is 380. The number of methoxy groups -OCH3 is 1. The lowest BCUT2D eigenvalue weighted by Crippen LogP contribution is -2.35. The number of amides is 2. The van der Waals surface area contributed by atoms with Crippen LogP contribution in [0, 0.1) is 6.92 Å². The van der Waals surface area contributed by atoms with Crippen molar-refractivity contribution in [1.29, 1.82) is 0 Å². The summed E-state index contributed by atoms with van der Waals surface area (Å²) >= 11 is 0. The second-order valence-corrected chi connectivity index (χ2v) is 3.78. The summed E-state index contributed by atoms with van der Waals surface area (Å²) in [6, 6.07) is 5.54. The Morgan fingerprint density at radius 1 is 1.41 bits per heavy atom. The van der Waals surface area contributed by atoms with Gasteiger partial charge < -0.3 is 21.1 Å². The minimum absolute atomic E-state index is 0.500. The summed E-state index contributed by atoms with van der Waals surface area (Å²) in [6.45, 7) is 3.92. The summed E-state index contributed by atoms with van der Waals surface area (Å²) in [4.78, 5) is 10.4. The van der Waals surface area contributed by atoms with Crippen LogP contribution in [0.15, 0.2) is 18.2 Å². The third-order valence-corrected chi connectivity index (χ3v) is 2.35. The zero-order valence-electron chi connectivity index (χ0n) is 10.2. The summed E-state index contributed by atoms with van der Waals surface area (Å²) in [5.74, 6) is 0.867. The van der Waals surface area contributed by atoms with Gasteiger partial charge in [0.15, 0.2) is 0 Å². The third-order valence-electron chi connectivity index (χ3n) is 2.35. The SMILES string of the molecule is COc1ccc(C)cc1CNCCNC(N)=O. The van der Waals surface area contributed by atoms with Gasteiger partial charge >= 0.3 is 6.03 Å². The fraction of sp³-hybridized carbons (Fsp3) is 0.417. The van der Waals surface area contributed by atoms with Crippen molar-refractivity contribution in [1.82, 2.24) is 10.6 Å². The van der Waals surface area contributed by atoms with Crippen LogP contribution in [-0.4, -0.2) is 26.2 Å². The zero-order valence-corrected chi connectivity index (χ0v) is 10.2. The van der Waals surface area contributed by atoms with Crippen LogP contribution in [-0.2, 0) is 6.54 Å². The Hall–Kier alpha value is -1.75. The van der Waals surface area contributed by atoms with E-state index >= 15 is 0 Å². The number of primary amides is 1. The fourth-order valence-electron chi connectivity index (χ4n) is 1.54. The lowest BCUT2D eigenvalue weighted by Gasteiger charge is -2.10. The standard InChI is InChI=1S/C12H19N3O2/c1-9-3-4-11(17-2)10(7-9)8-14-5-6-15-12(13)16/h3-4,7,14H,5-6,8H2,1-2H3,(H3,13,15,16). The Morgan fingerprint density at radius 2 is 2.18 bits per heavy atom. The molecule has 0 aliphatic rings. The molecule has 94 valence electrons. The Balaban J connectivity index is 2.40. The Labute approximate surface area is 101 Å². The van der Waals surface area contributed by atoms with Crippen LogP contribution < -0.4 is 21.1 Å². The maximum absolute atomic E-state index is 10.4. The molecule has 0 aliphatic heterocycles. The lowest BCUT2D eigenvalue weighted by molar-refractivity contribution is 0.249. The number of rotatable bonds is 6. The monoisotopic (exact) mass is 237 g/mol. The van der Waals surface area contributed by atoms with Gasteiger partial charge in [0, 0.05) is 25.2 Å². The van der Waals surface area contributed by atoms with Crippen LogP contribution in [0.2, 0.25) is 0 Å². The van der Waals surface area contributed by atoms with Crippen LogP contribution in [0.3, 0.4) is 0 Å². The second-order valence-electron chi connectivity index (χ2n) is 3.78. The van der Waals surface area contributed by atoms with Gasteiger partial charge in [0.2, 0.25) is 0 Å². The number of nitrogens with one attached hydrogen (secondary N) is 2. The van der Waals surface area contributed by atoms with E-state index in [1.807, 2.05) is 19.1 Å². The molecular formula is C12H19N3O2. The summed E-state index contributed by atoms with van der Waals surface area (Å²) in [5, 5.41) is 5.73. The van der Waals surface area contributed by atoms with Gasteiger partial charge in [-0.15, -0.1) is 0 Å². The number of hydrogen-bond acceptors (Lipinski definition) is 3. The van der Waals surface area contributed by atoms with Gasteiger partial charge in [-0.25, -0.2) is 4.79 Å². The van der Waals surface area contributed by atoms with Crippen LogP contribution in [0.5, 0.6) is 5.75 Å². The van der Waals surface area contributed by atoms with Gasteiger partial charge in [0.1, 0.15) is 5.75 Å². The minimum atomic E-state index is -0.500. The average molecular weight is 237 g/mol. The van der Waals surface area contributed by atoms with Crippen molar-refractivity contribution in [3.8, 4) is 5.75 Å². The van der Waals surface area contributed by atoms with Crippen molar-refractivity contribution in [2.45, 2.75) is 13.5 Å². The minimum Gasteiger partial charge on any atom is -0.496 e. The van der Waals surface area contributed by atoms with E-state index in [1.54, 1.807) is 7.11 Å². The topological polar surface area (TPSA) is 76.4 Å². The third kappa shape index (κ3) is 4.74. The maximum Gasteiger partial charge on any atom is 0.312 e. The van der Waals surface area contributed by atoms with Crippen molar-refractivity contribution in [2.75, 3.05) is 20.2 Å². The molecule has 0 spiro atoms. The number of benzene rings is 1. The zero-order chi connectivity index (χ0) is 12.7. The normalized spacial score (nSPS) is 10.0. The predicted molar refractivity (Wildman–Crippen MR) is 67.0 cm³/mol. The molecule has 17 heavy (non-hydrogen) atoms. The van der Waals surface area contributed by atoms with Crippen molar-refractivity contribution in [2.24, 2.45) is 5.73 Å². The maximum atomic E-state index is 10.4. The molecule has 5 heteroatoms. The number of urea groups is 1. The molecule has 1 rings (SSSR count). The van der Waals surface area contributed by atoms with Crippen LogP contribution in [0.4, 0.5) is 4.79 Å². The Kier molecular flexibility index (Phi) is 5.29. The molecule has 0 heterocycles. The van der Waals surface area contributed by atoms with Gasteiger partial charge in [-0.1, -0.05) is 17.7 Å². The first kappa shape index (κ1) is 13.3. The van der Waals surface area contributed by atoms with Crippen LogP contribution in [0.25, 0.3) is 0 Å². The van der Waals surface area contributed by atoms with Gasteiger partial charge in [-0.3, -0.25) is 0 Å². The molecule has 1 aromatic carbocycles. The highest BCUT2D eigenvalue weighted by molar-refractivity contribution is 5.71. The molecular weight excluding hydrogens is 218 g/mol. The van der Waals surface area contributed by atoms with Gasteiger partial charge in [-0.05, 0) is 13.0 Å². The molecule has 0 saturated heterocycles. The summed E-state index contributed by atoms with van der Waals surface area (Å²) < 4.78 is 5.27. The van der Waals surface area contributed by atoms with E-state index in [2.05, 4.69) is 16.7 Å². The number of nitrogens with two attached hydrogens (primary N) is 1. The van der Waals surface area contributed by atoms with Crippen molar-refractivity contribution in [3.05, 3.63) is 29.3 Å². The molecule has 0 atom stereocenters. The number of aryl methyl sites for hydroxylation is 1. The van der Waals surface area contributed by atoms with Crippen LogP contribution in [0.1, 0.15) is 11.1 Å². The van der Waals surface area contributed by atoms with Crippen molar-refractivity contribution in [3.63, 3.8) is 0 Å².